The van der Waals surface area contributed by atoms with Gasteiger partial charge in [-0.3, -0.25) is 14.5 Å². The molecular formula is C21H27ClN2O3. The molecule has 1 fully saturated rings. The van der Waals surface area contributed by atoms with E-state index in [9.17, 15) is 9.59 Å². The number of hydrogen-bond donors (Lipinski definition) is 0. The van der Waals surface area contributed by atoms with E-state index in [2.05, 4.69) is 11.8 Å². The number of imide groups is 1. The zero-order valence-corrected chi connectivity index (χ0v) is 16.8. The fraction of sp³-hybridized carbons (Fsp3) is 0.524. The minimum absolute atomic E-state index is 0.185. The van der Waals surface area contributed by atoms with Gasteiger partial charge in [-0.1, -0.05) is 30.7 Å². The first-order chi connectivity index (χ1) is 13.0. The summed E-state index contributed by atoms with van der Waals surface area (Å²) < 4.78 is 5.36. The van der Waals surface area contributed by atoms with Crippen LogP contribution in [0.25, 0.3) is 5.57 Å². The van der Waals surface area contributed by atoms with Crippen molar-refractivity contribution in [3.8, 4) is 0 Å². The van der Waals surface area contributed by atoms with Crippen molar-refractivity contribution in [1.29, 1.82) is 0 Å². The summed E-state index contributed by atoms with van der Waals surface area (Å²) in [5, 5.41) is 0.609. The van der Waals surface area contributed by atoms with Crippen LogP contribution < -0.4 is 0 Å². The number of piperidine rings is 1. The maximum Gasteiger partial charge on any atom is 0.277 e. The monoisotopic (exact) mass is 390 g/mol. The maximum absolute atomic E-state index is 13.2. The normalized spacial score (nSPS) is 20.8. The van der Waals surface area contributed by atoms with E-state index < -0.39 is 0 Å². The van der Waals surface area contributed by atoms with Crippen LogP contribution in [0.4, 0.5) is 0 Å². The van der Waals surface area contributed by atoms with Crippen molar-refractivity contribution in [3.63, 3.8) is 0 Å². The third-order valence-electron chi connectivity index (χ3n) is 5.12. The first kappa shape index (κ1) is 19.9. The largest absolute Gasteiger partial charge is 0.382 e. The molecule has 3 rings (SSSR count). The van der Waals surface area contributed by atoms with Crippen molar-refractivity contribution in [3.05, 3.63) is 40.5 Å². The second-order valence-corrected chi connectivity index (χ2v) is 7.67. The summed E-state index contributed by atoms with van der Waals surface area (Å²) in [7, 11) is 0. The van der Waals surface area contributed by atoms with Crippen LogP contribution in [0.15, 0.2) is 30.0 Å². The zero-order valence-electron chi connectivity index (χ0n) is 16.0. The van der Waals surface area contributed by atoms with E-state index in [0.717, 1.165) is 31.5 Å². The number of benzene rings is 1. The average molecular weight is 391 g/mol. The van der Waals surface area contributed by atoms with E-state index in [1.54, 1.807) is 12.1 Å². The molecule has 0 aliphatic carbocycles. The number of amides is 2. The molecule has 0 spiro atoms. The molecule has 2 heterocycles. The van der Waals surface area contributed by atoms with Crippen molar-refractivity contribution < 1.29 is 14.3 Å². The fourth-order valence-corrected chi connectivity index (χ4v) is 3.92. The van der Waals surface area contributed by atoms with Gasteiger partial charge in [0, 0.05) is 37.9 Å². The minimum Gasteiger partial charge on any atom is -0.382 e. The number of carbonyl (C=O) groups is 2. The fourth-order valence-electron chi connectivity index (χ4n) is 3.80. The van der Waals surface area contributed by atoms with Crippen LogP contribution in [0, 0.1) is 5.92 Å². The molecule has 0 saturated carbocycles. The van der Waals surface area contributed by atoms with E-state index in [4.69, 9.17) is 16.3 Å². The van der Waals surface area contributed by atoms with Gasteiger partial charge in [-0.2, -0.15) is 0 Å². The number of halogens is 1. The van der Waals surface area contributed by atoms with Gasteiger partial charge in [-0.15, -0.1) is 0 Å². The number of rotatable bonds is 7. The Morgan fingerprint density at radius 2 is 1.93 bits per heavy atom. The first-order valence-electron chi connectivity index (χ1n) is 9.72. The highest BCUT2D eigenvalue weighted by atomic mass is 35.5. The molecule has 146 valence electrons. The molecule has 1 unspecified atom stereocenters. The molecule has 2 aliphatic rings. The van der Waals surface area contributed by atoms with Crippen molar-refractivity contribution in [2.45, 2.75) is 33.1 Å². The summed E-state index contributed by atoms with van der Waals surface area (Å²) in [6.07, 6.45) is 2.83. The second kappa shape index (κ2) is 8.89. The third-order valence-corrected chi connectivity index (χ3v) is 5.38. The summed E-state index contributed by atoms with van der Waals surface area (Å²) >= 11 is 6.01. The van der Waals surface area contributed by atoms with E-state index >= 15 is 0 Å². The molecule has 1 atom stereocenters. The number of ether oxygens (including phenoxy) is 1. The first-order valence-corrected chi connectivity index (χ1v) is 10.1. The molecule has 1 saturated heterocycles. The van der Waals surface area contributed by atoms with Crippen LogP contribution in [0.2, 0.25) is 5.02 Å². The van der Waals surface area contributed by atoms with Gasteiger partial charge in [-0.25, -0.2) is 0 Å². The summed E-state index contributed by atoms with van der Waals surface area (Å²) in [6.45, 7) is 7.28. The molecular weight excluding hydrogens is 364 g/mol. The molecule has 1 aromatic carbocycles. The molecule has 27 heavy (non-hydrogen) atoms. The van der Waals surface area contributed by atoms with Crippen LogP contribution in [-0.4, -0.2) is 54.5 Å². The molecule has 0 N–H and O–H groups in total. The highest BCUT2D eigenvalue weighted by molar-refractivity contribution is 6.36. The molecule has 0 aromatic heterocycles. The van der Waals surface area contributed by atoms with Gasteiger partial charge >= 0.3 is 0 Å². The lowest BCUT2D eigenvalue weighted by atomic mass is 9.98. The van der Waals surface area contributed by atoms with Crippen molar-refractivity contribution >= 4 is 29.0 Å². The number of likely N-dealkylation sites (tertiary alicyclic amines) is 1. The average Bonchev–Trinajstić information content (AvgIpc) is 2.90. The Labute approximate surface area is 165 Å². The van der Waals surface area contributed by atoms with Gasteiger partial charge in [-0.05, 0) is 49.8 Å². The van der Waals surface area contributed by atoms with Gasteiger partial charge in [0.05, 0.1) is 5.57 Å². The zero-order chi connectivity index (χ0) is 19.4. The summed E-state index contributed by atoms with van der Waals surface area (Å²) in [5.41, 5.74) is 1.80. The van der Waals surface area contributed by atoms with Crippen LogP contribution in [0.5, 0.6) is 0 Å². The summed E-state index contributed by atoms with van der Waals surface area (Å²) in [4.78, 5) is 29.8. The molecule has 1 aromatic rings. The minimum atomic E-state index is -0.216. The smallest absolute Gasteiger partial charge is 0.277 e. The van der Waals surface area contributed by atoms with Gasteiger partial charge in [0.1, 0.15) is 5.70 Å². The number of carbonyl (C=O) groups excluding carboxylic acids is 2. The van der Waals surface area contributed by atoms with Gasteiger partial charge in [0.15, 0.2) is 0 Å². The molecule has 5 nitrogen and oxygen atoms in total. The Kier molecular flexibility index (Phi) is 6.55. The number of hydrogen-bond acceptors (Lipinski definition) is 4. The lowest BCUT2D eigenvalue weighted by Crippen LogP contribution is -2.39. The van der Waals surface area contributed by atoms with Crippen LogP contribution in [0.1, 0.15) is 38.7 Å². The molecule has 2 aliphatic heterocycles. The van der Waals surface area contributed by atoms with Gasteiger partial charge < -0.3 is 9.64 Å². The molecule has 6 heteroatoms. The van der Waals surface area contributed by atoms with Crippen molar-refractivity contribution in [2.75, 3.05) is 32.8 Å². The lowest BCUT2D eigenvalue weighted by molar-refractivity contribution is -0.137. The SMILES string of the molecule is CCOCCCN1C(=O)C(c2ccc(Cl)cc2)=C(N2CCCC(C)C2)C1=O. The molecule has 0 bridgehead atoms. The highest BCUT2D eigenvalue weighted by Crippen LogP contribution is 2.34. The third kappa shape index (κ3) is 4.36. The Morgan fingerprint density at radius 3 is 2.59 bits per heavy atom. The van der Waals surface area contributed by atoms with Crippen molar-refractivity contribution in [1.82, 2.24) is 9.80 Å². The van der Waals surface area contributed by atoms with Crippen LogP contribution >= 0.6 is 11.6 Å². The standard InChI is InChI=1S/C21H27ClN2O3/c1-3-27-13-5-12-24-20(25)18(16-7-9-17(22)10-8-16)19(21(24)26)23-11-4-6-15(2)14-23/h7-10,15H,3-6,11-14H2,1-2H3. The maximum atomic E-state index is 13.2. The predicted octanol–water partition coefficient (Wildman–Crippen LogP) is 3.58. The predicted molar refractivity (Wildman–Crippen MR) is 106 cm³/mol. The Hall–Kier alpha value is -1.85. The molecule has 0 radical (unpaired) electrons. The Bertz CT molecular complexity index is 729. The summed E-state index contributed by atoms with van der Waals surface area (Å²) in [6, 6.07) is 7.16. The Morgan fingerprint density at radius 1 is 1.19 bits per heavy atom. The van der Waals surface area contributed by atoms with E-state index in [0.29, 0.717) is 48.4 Å². The van der Waals surface area contributed by atoms with Gasteiger partial charge in [0.2, 0.25) is 0 Å². The Balaban J connectivity index is 1.92. The highest BCUT2D eigenvalue weighted by Gasteiger charge is 2.41. The number of nitrogens with zero attached hydrogens (tertiary/aromatic N) is 2. The van der Waals surface area contributed by atoms with Crippen LogP contribution in [0.3, 0.4) is 0 Å². The van der Waals surface area contributed by atoms with E-state index in [-0.39, 0.29) is 11.8 Å². The summed E-state index contributed by atoms with van der Waals surface area (Å²) in [5.74, 6) is 0.107. The van der Waals surface area contributed by atoms with Gasteiger partial charge in [0.25, 0.3) is 11.8 Å². The van der Waals surface area contributed by atoms with E-state index in [1.165, 1.54) is 4.90 Å². The lowest BCUT2D eigenvalue weighted by Gasteiger charge is -2.33. The second-order valence-electron chi connectivity index (χ2n) is 7.24. The van der Waals surface area contributed by atoms with E-state index in [1.807, 2.05) is 19.1 Å². The van der Waals surface area contributed by atoms with Crippen molar-refractivity contribution in [2.24, 2.45) is 5.92 Å². The van der Waals surface area contributed by atoms with Crippen LogP contribution in [-0.2, 0) is 14.3 Å². The molecule has 2 amide bonds. The quantitative estimate of drug-likeness (QED) is 0.527. The topological polar surface area (TPSA) is 49.9 Å².